The molecule has 4 nitrogen and oxygen atoms in total. The van der Waals surface area contributed by atoms with Crippen LogP contribution in [0.5, 0.6) is 5.75 Å². The van der Waals surface area contributed by atoms with Crippen LogP contribution in [0.3, 0.4) is 0 Å². The Morgan fingerprint density at radius 3 is 2.30 bits per heavy atom. The van der Waals surface area contributed by atoms with Gasteiger partial charge in [-0.15, -0.1) is 0 Å². The number of hydrogen-bond acceptors (Lipinski definition) is 3. The third-order valence-electron chi connectivity index (χ3n) is 4.17. The monoisotopic (exact) mass is 310 g/mol. The van der Waals surface area contributed by atoms with Gasteiger partial charge in [0.25, 0.3) is 5.91 Å². The van der Waals surface area contributed by atoms with Crippen LogP contribution in [0, 0.1) is 0 Å². The van der Waals surface area contributed by atoms with Gasteiger partial charge in [0.2, 0.25) is 0 Å². The van der Waals surface area contributed by atoms with Gasteiger partial charge in [0, 0.05) is 17.8 Å². The summed E-state index contributed by atoms with van der Waals surface area (Å²) >= 11 is 0. The standard InChI is InChI=1S/C19H22N2O2/c1-23-18-10-6-16(7-11-18)19(22)20-17-8-4-15(5-9-17)14-21-12-2-3-13-21/h4-11H,2-3,12-14H2,1H3,(H,20,22). The van der Waals surface area contributed by atoms with E-state index in [1.54, 1.807) is 31.4 Å². The quantitative estimate of drug-likeness (QED) is 0.918. The van der Waals surface area contributed by atoms with E-state index in [0.717, 1.165) is 18.0 Å². The van der Waals surface area contributed by atoms with Crippen LogP contribution in [-0.4, -0.2) is 31.0 Å². The lowest BCUT2D eigenvalue weighted by molar-refractivity contribution is 0.102. The number of carbonyl (C=O) groups excluding carboxylic acids is 1. The molecule has 1 saturated heterocycles. The predicted molar refractivity (Wildman–Crippen MR) is 91.9 cm³/mol. The average Bonchev–Trinajstić information content (AvgIpc) is 3.10. The Balaban J connectivity index is 1.59. The Hall–Kier alpha value is -2.33. The molecule has 1 fully saturated rings. The van der Waals surface area contributed by atoms with Crippen LogP contribution in [-0.2, 0) is 6.54 Å². The molecule has 23 heavy (non-hydrogen) atoms. The molecule has 2 aromatic rings. The summed E-state index contributed by atoms with van der Waals surface area (Å²) in [5.74, 6) is 0.632. The highest BCUT2D eigenvalue weighted by molar-refractivity contribution is 6.04. The van der Waals surface area contributed by atoms with E-state index < -0.39 is 0 Å². The number of rotatable bonds is 5. The summed E-state index contributed by atoms with van der Waals surface area (Å²) < 4.78 is 5.10. The summed E-state index contributed by atoms with van der Waals surface area (Å²) in [5.41, 5.74) is 2.72. The number of nitrogens with zero attached hydrogens (tertiary/aromatic N) is 1. The van der Waals surface area contributed by atoms with Crippen molar-refractivity contribution in [3.8, 4) is 5.75 Å². The van der Waals surface area contributed by atoms with Crippen molar-refractivity contribution in [2.75, 3.05) is 25.5 Å². The molecule has 1 aliphatic rings. The SMILES string of the molecule is COc1ccc(C(=O)Nc2ccc(CN3CCCC3)cc2)cc1. The van der Waals surface area contributed by atoms with E-state index in [2.05, 4.69) is 22.3 Å². The van der Waals surface area contributed by atoms with Crippen LogP contribution in [0.4, 0.5) is 5.69 Å². The largest absolute Gasteiger partial charge is 0.497 e. The second-order valence-electron chi connectivity index (χ2n) is 5.86. The van der Waals surface area contributed by atoms with Crippen molar-refractivity contribution in [2.24, 2.45) is 0 Å². The predicted octanol–water partition coefficient (Wildman–Crippen LogP) is 3.54. The van der Waals surface area contributed by atoms with Gasteiger partial charge >= 0.3 is 0 Å². The number of methoxy groups -OCH3 is 1. The van der Waals surface area contributed by atoms with Gasteiger partial charge in [-0.05, 0) is 67.9 Å². The smallest absolute Gasteiger partial charge is 0.255 e. The van der Waals surface area contributed by atoms with Crippen molar-refractivity contribution >= 4 is 11.6 Å². The first kappa shape index (κ1) is 15.6. The number of anilines is 1. The Morgan fingerprint density at radius 1 is 1.04 bits per heavy atom. The summed E-state index contributed by atoms with van der Waals surface area (Å²) in [6.45, 7) is 3.37. The van der Waals surface area contributed by atoms with Gasteiger partial charge in [-0.3, -0.25) is 9.69 Å². The Kier molecular flexibility index (Phi) is 4.93. The maximum absolute atomic E-state index is 12.2. The van der Waals surface area contributed by atoms with E-state index in [-0.39, 0.29) is 5.91 Å². The number of nitrogens with one attached hydrogen (secondary N) is 1. The zero-order valence-electron chi connectivity index (χ0n) is 13.4. The van der Waals surface area contributed by atoms with Crippen LogP contribution < -0.4 is 10.1 Å². The molecule has 3 rings (SSSR count). The molecule has 0 unspecified atom stereocenters. The molecule has 2 aromatic carbocycles. The minimum Gasteiger partial charge on any atom is -0.497 e. The van der Waals surface area contributed by atoms with E-state index in [1.165, 1.54) is 31.5 Å². The first-order chi connectivity index (χ1) is 11.2. The van der Waals surface area contributed by atoms with Crippen LogP contribution in [0.15, 0.2) is 48.5 Å². The molecule has 120 valence electrons. The summed E-state index contributed by atoms with van der Waals surface area (Å²) in [4.78, 5) is 14.7. The lowest BCUT2D eigenvalue weighted by atomic mass is 10.1. The fourth-order valence-corrected chi connectivity index (χ4v) is 2.84. The second-order valence-corrected chi connectivity index (χ2v) is 5.86. The van der Waals surface area contributed by atoms with E-state index in [9.17, 15) is 4.79 Å². The van der Waals surface area contributed by atoms with Crippen molar-refractivity contribution < 1.29 is 9.53 Å². The van der Waals surface area contributed by atoms with E-state index in [0.29, 0.717) is 5.56 Å². The summed E-state index contributed by atoms with van der Waals surface area (Å²) in [6.07, 6.45) is 2.60. The van der Waals surface area contributed by atoms with Gasteiger partial charge < -0.3 is 10.1 Å². The number of carbonyl (C=O) groups is 1. The van der Waals surface area contributed by atoms with Crippen molar-refractivity contribution in [2.45, 2.75) is 19.4 Å². The lowest BCUT2D eigenvalue weighted by Gasteiger charge is -2.14. The number of benzene rings is 2. The molecule has 1 N–H and O–H groups in total. The normalized spacial score (nSPS) is 14.7. The molecule has 0 bridgehead atoms. The third kappa shape index (κ3) is 4.11. The number of likely N-dealkylation sites (tertiary alicyclic amines) is 1. The number of ether oxygens (including phenoxy) is 1. The molecule has 0 aromatic heterocycles. The molecule has 0 atom stereocenters. The van der Waals surface area contributed by atoms with E-state index >= 15 is 0 Å². The minimum absolute atomic E-state index is 0.111. The van der Waals surface area contributed by atoms with E-state index in [1.807, 2.05) is 12.1 Å². The molecule has 1 amide bonds. The summed E-state index contributed by atoms with van der Waals surface area (Å²) in [7, 11) is 1.61. The average molecular weight is 310 g/mol. The molecular formula is C19H22N2O2. The van der Waals surface area contributed by atoms with Crippen LogP contribution in [0.2, 0.25) is 0 Å². The topological polar surface area (TPSA) is 41.6 Å². The van der Waals surface area contributed by atoms with Crippen molar-refractivity contribution in [1.29, 1.82) is 0 Å². The maximum Gasteiger partial charge on any atom is 0.255 e. The zero-order valence-corrected chi connectivity index (χ0v) is 13.4. The number of amides is 1. The van der Waals surface area contributed by atoms with Crippen LogP contribution in [0.1, 0.15) is 28.8 Å². The van der Waals surface area contributed by atoms with Crippen molar-refractivity contribution in [1.82, 2.24) is 4.90 Å². The van der Waals surface area contributed by atoms with Crippen LogP contribution in [0.25, 0.3) is 0 Å². The van der Waals surface area contributed by atoms with Gasteiger partial charge in [-0.25, -0.2) is 0 Å². The Bertz CT molecular complexity index is 644. The van der Waals surface area contributed by atoms with Crippen molar-refractivity contribution in [3.05, 3.63) is 59.7 Å². The first-order valence-corrected chi connectivity index (χ1v) is 8.01. The zero-order chi connectivity index (χ0) is 16.1. The lowest BCUT2D eigenvalue weighted by Crippen LogP contribution is -2.18. The van der Waals surface area contributed by atoms with E-state index in [4.69, 9.17) is 4.74 Å². The molecular weight excluding hydrogens is 288 g/mol. The third-order valence-corrected chi connectivity index (χ3v) is 4.17. The summed E-state index contributed by atoms with van der Waals surface area (Å²) in [6, 6.07) is 15.2. The van der Waals surface area contributed by atoms with Gasteiger partial charge in [0.05, 0.1) is 7.11 Å². The molecule has 0 spiro atoms. The molecule has 1 heterocycles. The van der Waals surface area contributed by atoms with Crippen LogP contribution >= 0.6 is 0 Å². The molecule has 4 heteroatoms. The fraction of sp³-hybridized carbons (Fsp3) is 0.316. The molecule has 0 radical (unpaired) electrons. The highest BCUT2D eigenvalue weighted by Crippen LogP contribution is 2.17. The highest BCUT2D eigenvalue weighted by Gasteiger charge is 2.12. The Morgan fingerprint density at radius 2 is 1.70 bits per heavy atom. The minimum atomic E-state index is -0.111. The second kappa shape index (κ2) is 7.29. The molecule has 0 aliphatic carbocycles. The van der Waals surface area contributed by atoms with Gasteiger partial charge in [0.1, 0.15) is 5.75 Å². The number of hydrogen-bond donors (Lipinski definition) is 1. The maximum atomic E-state index is 12.2. The Labute approximate surface area is 137 Å². The van der Waals surface area contributed by atoms with Gasteiger partial charge in [-0.2, -0.15) is 0 Å². The first-order valence-electron chi connectivity index (χ1n) is 8.01. The molecule has 0 saturated carbocycles. The highest BCUT2D eigenvalue weighted by atomic mass is 16.5. The van der Waals surface area contributed by atoms with Crippen molar-refractivity contribution in [3.63, 3.8) is 0 Å². The molecule has 1 aliphatic heterocycles. The summed E-state index contributed by atoms with van der Waals surface area (Å²) in [5, 5.41) is 2.92. The fourth-order valence-electron chi connectivity index (χ4n) is 2.84. The van der Waals surface area contributed by atoms with Gasteiger partial charge in [-0.1, -0.05) is 12.1 Å². The van der Waals surface area contributed by atoms with Gasteiger partial charge in [0.15, 0.2) is 0 Å².